The normalized spacial score (nSPS) is 12.4. The molecule has 2 aromatic heterocycles. The minimum Gasteiger partial charge on any atom is -0.384 e. The molecule has 0 saturated heterocycles. The molecule has 0 amide bonds. The van der Waals surface area contributed by atoms with Crippen LogP contribution >= 0.6 is 0 Å². The van der Waals surface area contributed by atoms with E-state index in [1.54, 1.807) is 18.3 Å². The second-order valence-corrected chi connectivity index (χ2v) is 3.57. The lowest BCUT2D eigenvalue weighted by atomic mass is 10.0. The van der Waals surface area contributed by atoms with Crippen LogP contribution in [0.5, 0.6) is 0 Å². The van der Waals surface area contributed by atoms with Gasteiger partial charge in [-0.05, 0) is 30.7 Å². The van der Waals surface area contributed by atoms with Crippen LogP contribution < -0.4 is 0 Å². The van der Waals surface area contributed by atoms with Crippen LogP contribution in [-0.2, 0) is 0 Å². The molecule has 2 heterocycles. The Morgan fingerprint density at radius 3 is 2.75 bits per heavy atom. The van der Waals surface area contributed by atoms with E-state index in [1.165, 1.54) is 12.3 Å². The van der Waals surface area contributed by atoms with Crippen LogP contribution in [0.4, 0.5) is 4.39 Å². The van der Waals surface area contributed by atoms with Crippen molar-refractivity contribution in [1.29, 1.82) is 0 Å². The molecule has 1 N–H and O–H groups in total. The van der Waals surface area contributed by atoms with Crippen molar-refractivity contribution in [3.05, 3.63) is 59.4 Å². The van der Waals surface area contributed by atoms with Crippen molar-refractivity contribution in [1.82, 2.24) is 9.97 Å². The fraction of sp³-hybridized carbons (Fsp3) is 0.167. The summed E-state index contributed by atoms with van der Waals surface area (Å²) < 4.78 is 12.9. The van der Waals surface area contributed by atoms with Gasteiger partial charge in [0, 0.05) is 23.7 Å². The first kappa shape index (κ1) is 10.7. The molecule has 0 fully saturated rings. The summed E-state index contributed by atoms with van der Waals surface area (Å²) in [6.45, 7) is 1.83. The first-order valence-electron chi connectivity index (χ1n) is 4.88. The number of hydrogen-bond donors (Lipinski definition) is 1. The molecule has 0 spiro atoms. The lowest BCUT2D eigenvalue weighted by molar-refractivity contribution is 0.219. The Hall–Kier alpha value is -1.81. The maximum Gasteiger partial charge on any atom is 0.141 e. The highest BCUT2D eigenvalue weighted by molar-refractivity contribution is 5.28. The Morgan fingerprint density at radius 1 is 1.25 bits per heavy atom. The standard InChI is InChI=1S/C12H11FN2O/c1-8-4-9(2-3-15-8)12(16)10-5-11(13)7-14-6-10/h2-7,12,16H,1H3. The monoisotopic (exact) mass is 218 g/mol. The van der Waals surface area contributed by atoms with Crippen LogP contribution in [0.25, 0.3) is 0 Å². The van der Waals surface area contributed by atoms with E-state index in [0.717, 1.165) is 11.9 Å². The van der Waals surface area contributed by atoms with Crippen molar-refractivity contribution in [3.63, 3.8) is 0 Å². The predicted octanol–water partition coefficient (Wildman–Crippen LogP) is 2.01. The van der Waals surface area contributed by atoms with Crippen molar-refractivity contribution >= 4 is 0 Å². The van der Waals surface area contributed by atoms with Gasteiger partial charge >= 0.3 is 0 Å². The molecule has 82 valence electrons. The third kappa shape index (κ3) is 2.23. The Bertz CT molecular complexity index is 456. The van der Waals surface area contributed by atoms with Gasteiger partial charge in [-0.1, -0.05) is 0 Å². The second-order valence-electron chi connectivity index (χ2n) is 3.57. The van der Waals surface area contributed by atoms with E-state index in [0.29, 0.717) is 11.1 Å². The lowest BCUT2D eigenvalue weighted by Crippen LogP contribution is -2.01. The van der Waals surface area contributed by atoms with Crippen molar-refractivity contribution in [3.8, 4) is 0 Å². The number of aliphatic hydroxyl groups excluding tert-OH is 1. The van der Waals surface area contributed by atoms with E-state index in [9.17, 15) is 9.50 Å². The van der Waals surface area contributed by atoms with Gasteiger partial charge < -0.3 is 5.11 Å². The molecule has 4 heteroatoms. The van der Waals surface area contributed by atoms with Crippen LogP contribution in [0.3, 0.4) is 0 Å². The summed E-state index contributed by atoms with van der Waals surface area (Å²) >= 11 is 0. The Kier molecular flexibility index (Phi) is 2.92. The zero-order valence-corrected chi connectivity index (χ0v) is 8.76. The number of halogens is 1. The van der Waals surface area contributed by atoms with E-state index in [-0.39, 0.29) is 0 Å². The number of aromatic nitrogens is 2. The summed E-state index contributed by atoms with van der Waals surface area (Å²) in [6.07, 6.45) is 3.29. The third-order valence-corrected chi connectivity index (χ3v) is 2.28. The number of hydrogen-bond acceptors (Lipinski definition) is 3. The number of pyridine rings is 2. The predicted molar refractivity (Wildman–Crippen MR) is 57.2 cm³/mol. The molecule has 2 aromatic rings. The van der Waals surface area contributed by atoms with Crippen LogP contribution in [0.1, 0.15) is 22.9 Å². The van der Waals surface area contributed by atoms with E-state index in [2.05, 4.69) is 9.97 Å². The summed E-state index contributed by atoms with van der Waals surface area (Å²) in [7, 11) is 0. The summed E-state index contributed by atoms with van der Waals surface area (Å²) in [4.78, 5) is 7.74. The fourth-order valence-electron chi connectivity index (χ4n) is 1.51. The Balaban J connectivity index is 2.35. The van der Waals surface area contributed by atoms with Gasteiger partial charge in [0.25, 0.3) is 0 Å². The molecule has 2 rings (SSSR count). The average Bonchev–Trinajstić information content (AvgIpc) is 2.28. The molecule has 0 bridgehead atoms. The van der Waals surface area contributed by atoms with E-state index >= 15 is 0 Å². The fourth-order valence-corrected chi connectivity index (χ4v) is 1.51. The summed E-state index contributed by atoms with van der Waals surface area (Å²) in [5.74, 6) is -0.456. The van der Waals surface area contributed by atoms with Gasteiger partial charge in [0.05, 0.1) is 6.20 Å². The second kappa shape index (κ2) is 4.37. The van der Waals surface area contributed by atoms with Gasteiger partial charge in [-0.3, -0.25) is 9.97 Å². The molecule has 0 aromatic carbocycles. The molecule has 0 aliphatic rings. The Labute approximate surface area is 92.6 Å². The lowest BCUT2D eigenvalue weighted by Gasteiger charge is -2.11. The molecule has 0 aliphatic carbocycles. The minimum absolute atomic E-state index is 0.436. The van der Waals surface area contributed by atoms with Crippen molar-refractivity contribution in [2.45, 2.75) is 13.0 Å². The highest BCUT2D eigenvalue weighted by Crippen LogP contribution is 2.21. The van der Waals surface area contributed by atoms with E-state index < -0.39 is 11.9 Å². The molecule has 0 aliphatic heterocycles. The number of rotatable bonds is 2. The van der Waals surface area contributed by atoms with E-state index in [4.69, 9.17) is 0 Å². The molecule has 1 unspecified atom stereocenters. The molecule has 0 radical (unpaired) electrons. The van der Waals surface area contributed by atoms with Gasteiger partial charge in [-0.25, -0.2) is 4.39 Å². The van der Waals surface area contributed by atoms with Crippen molar-refractivity contribution < 1.29 is 9.50 Å². The minimum atomic E-state index is -0.870. The Morgan fingerprint density at radius 2 is 2.06 bits per heavy atom. The van der Waals surface area contributed by atoms with Gasteiger partial charge in [0.15, 0.2) is 0 Å². The zero-order chi connectivity index (χ0) is 11.5. The third-order valence-electron chi connectivity index (χ3n) is 2.28. The molecule has 1 atom stereocenters. The largest absolute Gasteiger partial charge is 0.384 e. The van der Waals surface area contributed by atoms with Crippen LogP contribution in [0.15, 0.2) is 36.8 Å². The maximum absolute atomic E-state index is 12.9. The number of aryl methyl sites for hydroxylation is 1. The molecular formula is C12H11FN2O. The molecular weight excluding hydrogens is 207 g/mol. The first-order valence-corrected chi connectivity index (χ1v) is 4.88. The zero-order valence-electron chi connectivity index (χ0n) is 8.76. The van der Waals surface area contributed by atoms with Gasteiger partial charge in [0.1, 0.15) is 11.9 Å². The van der Waals surface area contributed by atoms with E-state index in [1.807, 2.05) is 6.92 Å². The molecule has 3 nitrogen and oxygen atoms in total. The van der Waals surface area contributed by atoms with Crippen molar-refractivity contribution in [2.75, 3.05) is 0 Å². The quantitative estimate of drug-likeness (QED) is 0.838. The highest BCUT2D eigenvalue weighted by atomic mass is 19.1. The topological polar surface area (TPSA) is 46.0 Å². The SMILES string of the molecule is Cc1cc(C(O)c2cncc(F)c2)ccn1. The summed E-state index contributed by atoms with van der Waals surface area (Å²) in [5, 5.41) is 10.0. The van der Waals surface area contributed by atoms with Gasteiger partial charge in [0.2, 0.25) is 0 Å². The van der Waals surface area contributed by atoms with Crippen LogP contribution in [0, 0.1) is 12.7 Å². The number of aliphatic hydroxyl groups is 1. The maximum atomic E-state index is 12.9. The average molecular weight is 218 g/mol. The highest BCUT2D eigenvalue weighted by Gasteiger charge is 2.11. The first-order chi connectivity index (χ1) is 7.66. The smallest absolute Gasteiger partial charge is 0.141 e. The molecule has 16 heavy (non-hydrogen) atoms. The van der Waals surface area contributed by atoms with Gasteiger partial charge in [-0.2, -0.15) is 0 Å². The van der Waals surface area contributed by atoms with Gasteiger partial charge in [-0.15, -0.1) is 0 Å². The summed E-state index contributed by atoms with van der Waals surface area (Å²) in [6, 6.07) is 4.73. The van der Waals surface area contributed by atoms with Crippen LogP contribution in [0.2, 0.25) is 0 Å². The van der Waals surface area contributed by atoms with Crippen LogP contribution in [-0.4, -0.2) is 15.1 Å². The number of nitrogens with zero attached hydrogens (tertiary/aromatic N) is 2. The molecule has 0 saturated carbocycles. The van der Waals surface area contributed by atoms with Crippen molar-refractivity contribution in [2.24, 2.45) is 0 Å². The summed E-state index contributed by atoms with van der Waals surface area (Å²) in [5.41, 5.74) is 1.92.